The highest BCUT2D eigenvalue weighted by atomic mass is 16.5. The van der Waals surface area contributed by atoms with Gasteiger partial charge in [-0.3, -0.25) is 0 Å². The van der Waals surface area contributed by atoms with Gasteiger partial charge in [-0.25, -0.2) is 9.97 Å². The van der Waals surface area contributed by atoms with Gasteiger partial charge < -0.3 is 10.1 Å². The third-order valence-corrected chi connectivity index (χ3v) is 2.06. The van der Waals surface area contributed by atoms with Crippen LogP contribution in [0.3, 0.4) is 0 Å². The van der Waals surface area contributed by atoms with E-state index in [4.69, 9.17) is 4.74 Å². The normalized spacial score (nSPS) is 10.6. The molecule has 4 heteroatoms. The van der Waals surface area contributed by atoms with Crippen LogP contribution in [-0.2, 0) is 17.7 Å². The molecule has 4 nitrogen and oxygen atoms in total. The Balaban J connectivity index is 2.62. The molecule has 0 aliphatic heterocycles. The second-order valence-corrected chi connectivity index (χ2v) is 3.54. The van der Waals surface area contributed by atoms with Crippen LogP contribution in [0, 0.1) is 6.92 Å². The molecule has 0 unspecified atom stereocenters. The zero-order chi connectivity index (χ0) is 11.1. The molecule has 1 N–H and O–H groups in total. The largest absolute Gasteiger partial charge is 0.385 e. The fraction of sp³-hybridized carbons (Fsp3) is 0.636. The Labute approximate surface area is 91.1 Å². The third kappa shape index (κ3) is 4.36. The number of methoxy groups -OCH3 is 1. The highest BCUT2D eigenvalue weighted by molar-refractivity contribution is 5.10. The number of ether oxygens (including phenoxy) is 1. The molecule has 1 rings (SSSR count). The van der Waals surface area contributed by atoms with Gasteiger partial charge in [-0.15, -0.1) is 0 Å². The van der Waals surface area contributed by atoms with Crippen molar-refractivity contribution < 1.29 is 4.74 Å². The van der Waals surface area contributed by atoms with Crippen molar-refractivity contribution in [3.8, 4) is 0 Å². The number of aromatic nitrogens is 2. The molecule has 0 amide bonds. The Hall–Kier alpha value is -1.00. The Bertz CT molecular complexity index is 302. The van der Waals surface area contributed by atoms with Gasteiger partial charge in [-0.05, 0) is 26.5 Å². The highest BCUT2D eigenvalue weighted by Gasteiger charge is 2.01. The maximum atomic E-state index is 5.00. The SMILES string of the molecule is CNCc1cc(C)nc(CCCOC)n1. The zero-order valence-electron chi connectivity index (χ0n) is 9.71. The molecule has 84 valence electrons. The Kier molecular flexibility index (Phi) is 5.21. The van der Waals surface area contributed by atoms with Crippen LogP contribution in [-0.4, -0.2) is 30.7 Å². The van der Waals surface area contributed by atoms with Gasteiger partial charge in [-0.2, -0.15) is 0 Å². The van der Waals surface area contributed by atoms with Crippen LogP contribution in [0.15, 0.2) is 6.07 Å². The first-order valence-electron chi connectivity index (χ1n) is 5.23. The van der Waals surface area contributed by atoms with E-state index in [-0.39, 0.29) is 0 Å². The second-order valence-electron chi connectivity index (χ2n) is 3.54. The van der Waals surface area contributed by atoms with E-state index in [0.29, 0.717) is 0 Å². The lowest BCUT2D eigenvalue weighted by atomic mass is 10.2. The summed E-state index contributed by atoms with van der Waals surface area (Å²) in [6.45, 7) is 3.56. The van der Waals surface area contributed by atoms with Gasteiger partial charge in [0, 0.05) is 32.4 Å². The van der Waals surface area contributed by atoms with Crippen LogP contribution in [0.25, 0.3) is 0 Å². The van der Waals surface area contributed by atoms with Gasteiger partial charge in [-0.1, -0.05) is 0 Å². The van der Waals surface area contributed by atoms with Crippen LogP contribution < -0.4 is 5.32 Å². The second kappa shape index (κ2) is 6.48. The first-order chi connectivity index (χ1) is 7.26. The van der Waals surface area contributed by atoms with Gasteiger partial charge in [0.2, 0.25) is 0 Å². The summed E-state index contributed by atoms with van der Waals surface area (Å²) >= 11 is 0. The molecule has 15 heavy (non-hydrogen) atoms. The molecule has 0 atom stereocenters. The van der Waals surface area contributed by atoms with Crippen LogP contribution in [0.1, 0.15) is 23.6 Å². The van der Waals surface area contributed by atoms with Crippen LogP contribution in [0.2, 0.25) is 0 Å². The first-order valence-corrected chi connectivity index (χ1v) is 5.23. The van der Waals surface area contributed by atoms with E-state index in [9.17, 15) is 0 Å². The topological polar surface area (TPSA) is 47.0 Å². The lowest BCUT2D eigenvalue weighted by molar-refractivity contribution is 0.194. The summed E-state index contributed by atoms with van der Waals surface area (Å²) in [5, 5.41) is 3.09. The smallest absolute Gasteiger partial charge is 0.128 e. The Morgan fingerprint density at radius 1 is 1.40 bits per heavy atom. The summed E-state index contributed by atoms with van der Waals surface area (Å²) in [5.41, 5.74) is 2.08. The standard InChI is InChI=1S/C11H19N3O/c1-9-7-10(8-12-2)14-11(13-9)5-4-6-15-3/h7,12H,4-6,8H2,1-3H3. The third-order valence-electron chi connectivity index (χ3n) is 2.06. The van der Waals surface area contributed by atoms with Crippen molar-refractivity contribution >= 4 is 0 Å². The minimum atomic E-state index is 0.763. The molecule has 0 bridgehead atoms. The lowest BCUT2D eigenvalue weighted by Gasteiger charge is -2.05. The molecule has 0 fully saturated rings. The van der Waals surface area contributed by atoms with E-state index in [1.54, 1.807) is 7.11 Å². The fourth-order valence-corrected chi connectivity index (χ4v) is 1.46. The van der Waals surface area contributed by atoms with Crippen molar-refractivity contribution in [1.29, 1.82) is 0 Å². The maximum Gasteiger partial charge on any atom is 0.128 e. The van der Waals surface area contributed by atoms with Crippen molar-refractivity contribution in [2.75, 3.05) is 20.8 Å². The van der Waals surface area contributed by atoms with Crippen molar-refractivity contribution in [3.05, 3.63) is 23.3 Å². The summed E-state index contributed by atoms with van der Waals surface area (Å²) in [6, 6.07) is 2.01. The van der Waals surface area contributed by atoms with Gasteiger partial charge in [0.25, 0.3) is 0 Å². The molecule has 1 heterocycles. The molecule has 0 spiro atoms. The number of rotatable bonds is 6. The molecular formula is C11H19N3O. The zero-order valence-corrected chi connectivity index (χ0v) is 9.71. The van der Waals surface area contributed by atoms with Crippen molar-refractivity contribution in [2.24, 2.45) is 0 Å². The molecule has 1 aromatic rings. The van der Waals surface area contributed by atoms with Crippen LogP contribution >= 0.6 is 0 Å². The minimum absolute atomic E-state index is 0.763. The van der Waals surface area contributed by atoms with E-state index in [1.165, 1.54) is 0 Å². The Morgan fingerprint density at radius 2 is 2.20 bits per heavy atom. The summed E-state index contributed by atoms with van der Waals surface area (Å²) < 4.78 is 5.00. The quantitative estimate of drug-likeness (QED) is 0.712. The number of aryl methyl sites for hydroxylation is 2. The molecule has 0 saturated carbocycles. The molecule has 0 radical (unpaired) electrons. The molecule has 1 aromatic heterocycles. The van der Waals surface area contributed by atoms with Crippen molar-refractivity contribution in [2.45, 2.75) is 26.3 Å². The van der Waals surface area contributed by atoms with Gasteiger partial charge >= 0.3 is 0 Å². The average Bonchev–Trinajstić information content (AvgIpc) is 2.18. The summed E-state index contributed by atoms with van der Waals surface area (Å²) in [4.78, 5) is 8.86. The molecule has 0 aromatic carbocycles. The minimum Gasteiger partial charge on any atom is -0.385 e. The summed E-state index contributed by atoms with van der Waals surface area (Å²) in [7, 11) is 3.63. The van der Waals surface area contributed by atoms with E-state index in [2.05, 4.69) is 15.3 Å². The number of hydrogen-bond acceptors (Lipinski definition) is 4. The van der Waals surface area contributed by atoms with E-state index < -0.39 is 0 Å². The van der Waals surface area contributed by atoms with E-state index in [1.807, 2.05) is 20.0 Å². The van der Waals surface area contributed by atoms with Crippen LogP contribution in [0.4, 0.5) is 0 Å². The predicted molar refractivity (Wildman–Crippen MR) is 59.7 cm³/mol. The van der Waals surface area contributed by atoms with Gasteiger partial charge in [0.05, 0.1) is 5.69 Å². The number of nitrogens with zero attached hydrogens (tertiary/aromatic N) is 2. The Morgan fingerprint density at radius 3 is 2.87 bits per heavy atom. The maximum absolute atomic E-state index is 5.00. The van der Waals surface area contributed by atoms with Crippen molar-refractivity contribution in [1.82, 2.24) is 15.3 Å². The predicted octanol–water partition coefficient (Wildman–Crippen LogP) is 1.08. The molecule has 0 aliphatic rings. The molecule has 0 saturated heterocycles. The molecular weight excluding hydrogens is 190 g/mol. The van der Waals surface area contributed by atoms with Crippen molar-refractivity contribution in [3.63, 3.8) is 0 Å². The summed E-state index contributed by atoms with van der Waals surface area (Å²) in [6.07, 6.45) is 1.85. The average molecular weight is 209 g/mol. The lowest BCUT2D eigenvalue weighted by Crippen LogP contribution is -2.10. The van der Waals surface area contributed by atoms with E-state index in [0.717, 1.165) is 43.2 Å². The summed E-state index contributed by atoms with van der Waals surface area (Å²) in [5.74, 6) is 0.914. The number of nitrogens with one attached hydrogen (secondary N) is 1. The first kappa shape index (κ1) is 12.1. The number of hydrogen-bond donors (Lipinski definition) is 1. The molecule has 0 aliphatic carbocycles. The highest BCUT2D eigenvalue weighted by Crippen LogP contribution is 2.03. The monoisotopic (exact) mass is 209 g/mol. The fourth-order valence-electron chi connectivity index (χ4n) is 1.46. The van der Waals surface area contributed by atoms with Crippen LogP contribution in [0.5, 0.6) is 0 Å². The van der Waals surface area contributed by atoms with E-state index >= 15 is 0 Å². The van der Waals surface area contributed by atoms with Gasteiger partial charge in [0.1, 0.15) is 5.82 Å². The van der Waals surface area contributed by atoms with Gasteiger partial charge in [0.15, 0.2) is 0 Å².